The van der Waals surface area contributed by atoms with Gasteiger partial charge in [0, 0.05) is 6.42 Å². The lowest BCUT2D eigenvalue weighted by atomic mass is 9.96. The quantitative estimate of drug-likeness (QED) is 0.0199. The van der Waals surface area contributed by atoms with Gasteiger partial charge in [-0.15, -0.1) is 0 Å². The fourth-order valence-corrected chi connectivity index (χ4v) is 10.6. The Hall–Kier alpha value is -4.59. The van der Waals surface area contributed by atoms with Crippen LogP contribution >= 0.6 is 0 Å². The number of ether oxygens (including phenoxy) is 6. The zero-order valence-electron chi connectivity index (χ0n) is 56.8. The van der Waals surface area contributed by atoms with Crippen molar-refractivity contribution in [1.29, 1.82) is 0 Å². The molecule has 0 aliphatic carbocycles. The largest absolute Gasteiger partial charge is 0.394 e. The van der Waals surface area contributed by atoms with Crippen molar-refractivity contribution in [3.63, 3.8) is 0 Å². The third-order valence-electron chi connectivity index (χ3n) is 16.3. The van der Waals surface area contributed by atoms with Crippen molar-refractivity contribution in [3.8, 4) is 0 Å². The first-order chi connectivity index (χ1) is 46.3. The maximum atomic E-state index is 13.3. The first kappa shape index (κ1) is 84.6. The van der Waals surface area contributed by atoms with E-state index in [2.05, 4.69) is 165 Å². The highest BCUT2D eigenvalue weighted by Crippen LogP contribution is 2.33. The minimum absolute atomic E-state index is 0.177. The molecule has 538 valence electrons. The van der Waals surface area contributed by atoms with Crippen LogP contribution in [0, 0.1) is 0 Å². The number of allylic oxidation sites excluding steroid dienone is 25. The third-order valence-corrected chi connectivity index (χ3v) is 16.3. The summed E-state index contributed by atoms with van der Waals surface area (Å²) < 4.78 is 34.2. The lowest BCUT2D eigenvalue weighted by Crippen LogP contribution is -2.66. The number of aliphatic hydroxyl groups excluding tert-OH is 11. The van der Waals surface area contributed by atoms with Gasteiger partial charge in [0.05, 0.1) is 38.6 Å². The van der Waals surface area contributed by atoms with E-state index in [-0.39, 0.29) is 18.9 Å². The second-order valence-corrected chi connectivity index (χ2v) is 24.3. The number of carbonyl (C=O) groups excluding carboxylic acids is 1. The molecule has 0 aromatic rings. The number of unbranched alkanes of at least 4 members (excludes halogenated alkanes) is 11. The van der Waals surface area contributed by atoms with E-state index in [0.717, 1.165) is 116 Å². The van der Waals surface area contributed by atoms with Crippen LogP contribution in [0.2, 0.25) is 0 Å². The third kappa shape index (κ3) is 36.7. The Kier molecular flexibility index (Phi) is 49.3. The summed E-state index contributed by atoms with van der Waals surface area (Å²) in [6.07, 6.45) is 53.9. The summed E-state index contributed by atoms with van der Waals surface area (Å²) >= 11 is 0. The number of hydrogen-bond donors (Lipinski definition) is 12. The van der Waals surface area contributed by atoms with E-state index in [9.17, 15) is 61.0 Å². The predicted octanol–water partition coefficient (Wildman–Crippen LogP) is 9.71. The number of carbonyl (C=O) groups is 1. The Morgan fingerprint density at radius 2 is 0.726 bits per heavy atom. The molecule has 19 nitrogen and oxygen atoms in total. The number of rotatable bonds is 51. The summed E-state index contributed by atoms with van der Waals surface area (Å²) in [4.78, 5) is 13.3. The normalized spacial score (nSPS) is 28.2. The van der Waals surface area contributed by atoms with E-state index in [1.165, 1.54) is 38.5 Å². The van der Waals surface area contributed by atoms with Crippen LogP contribution in [-0.4, -0.2) is 193 Å². The lowest BCUT2D eigenvalue weighted by molar-refractivity contribution is -0.379. The second-order valence-electron chi connectivity index (χ2n) is 24.3. The van der Waals surface area contributed by atoms with Gasteiger partial charge in [0.1, 0.15) is 73.2 Å². The zero-order chi connectivity index (χ0) is 68.9. The molecular weight excluding hydrogens is 1210 g/mol. The molecule has 0 saturated carbocycles. The Balaban J connectivity index is 1.37. The average Bonchev–Trinajstić information content (AvgIpc) is 0.787. The van der Waals surface area contributed by atoms with Crippen LogP contribution in [0.1, 0.15) is 181 Å². The highest BCUT2D eigenvalue weighted by molar-refractivity contribution is 5.76. The molecule has 3 aliphatic heterocycles. The molecule has 0 bridgehead atoms. The van der Waals surface area contributed by atoms with Crippen molar-refractivity contribution in [2.75, 3.05) is 26.4 Å². The summed E-state index contributed by atoms with van der Waals surface area (Å²) in [5, 5.41) is 120. The maximum absolute atomic E-state index is 13.3. The highest BCUT2D eigenvalue weighted by Gasteiger charge is 2.53. The first-order valence-electron chi connectivity index (χ1n) is 35.2. The minimum atomic E-state index is -1.99. The fraction of sp³-hybridized carbons (Fsp3) is 0.645. The van der Waals surface area contributed by atoms with Gasteiger partial charge in [-0.2, -0.15) is 0 Å². The van der Waals surface area contributed by atoms with Gasteiger partial charge in [0.2, 0.25) is 5.91 Å². The first-order valence-corrected chi connectivity index (χ1v) is 35.2. The van der Waals surface area contributed by atoms with Crippen molar-refractivity contribution >= 4 is 5.91 Å². The Bertz CT molecular complexity index is 2340. The molecule has 0 aromatic heterocycles. The van der Waals surface area contributed by atoms with Gasteiger partial charge in [-0.3, -0.25) is 4.79 Å². The van der Waals surface area contributed by atoms with Crippen LogP contribution in [0.5, 0.6) is 0 Å². The van der Waals surface area contributed by atoms with E-state index in [1.54, 1.807) is 6.08 Å². The Morgan fingerprint density at radius 3 is 1.14 bits per heavy atom. The Morgan fingerprint density at radius 1 is 0.389 bits per heavy atom. The summed E-state index contributed by atoms with van der Waals surface area (Å²) in [6, 6.07) is -1.01. The van der Waals surface area contributed by atoms with E-state index >= 15 is 0 Å². The summed E-state index contributed by atoms with van der Waals surface area (Å²) in [6.45, 7) is 1.52. The van der Waals surface area contributed by atoms with Crippen molar-refractivity contribution in [2.45, 2.75) is 285 Å². The molecule has 12 N–H and O–H groups in total. The van der Waals surface area contributed by atoms with Gasteiger partial charge in [0.25, 0.3) is 0 Å². The zero-order valence-corrected chi connectivity index (χ0v) is 56.8. The molecule has 17 atom stereocenters. The van der Waals surface area contributed by atoms with Crippen molar-refractivity contribution in [1.82, 2.24) is 5.32 Å². The number of nitrogens with one attached hydrogen (secondary N) is 1. The highest BCUT2D eigenvalue weighted by atomic mass is 16.8. The van der Waals surface area contributed by atoms with Crippen molar-refractivity contribution in [3.05, 3.63) is 158 Å². The molecule has 1 amide bonds. The van der Waals surface area contributed by atoms with Gasteiger partial charge in [0.15, 0.2) is 18.9 Å². The molecule has 95 heavy (non-hydrogen) atoms. The standard InChI is InChI=1S/C76H121NO18/c1-3-5-7-9-11-13-15-16-17-18-19-20-21-22-23-24-25-26-27-28-29-30-31-32-33-34-35-36-37-38-39-40-41-42-44-46-48-50-52-54-64(82)77-59(60(81)53-51-49-47-45-43-14-12-10-8-6-4-2)58-90-74-70(88)67(85)72(62(56-79)92-74)95-76-71(89)68(86)73(63(57-80)93-76)94-75-69(87)66(84)65(83)61(55-78)91-75/h5,7,11,13,16-17,19-20,22-23,25-26,28-29,31-32,34-35,37-38,40-41,44,46,51,53,59-63,65-76,78-81,83-89H,3-4,6,8-10,12,14-15,18,21,24,27,30,33,36,39,42-43,45,47-50,52,54-58H2,1-2H3,(H,77,82)/b7-5-,13-11-,17-16-,20-19-,23-22-,26-25-,29-28-,32-31-,35-34-,38-37-,41-40-,46-44-,53-51+. The van der Waals surface area contributed by atoms with Gasteiger partial charge in [-0.05, 0) is 109 Å². The van der Waals surface area contributed by atoms with Crippen molar-refractivity contribution in [2.24, 2.45) is 0 Å². The number of aliphatic hydroxyl groups is 11. The van der Waals surface area contributed by atoms with Crippen LogP contribution in [-0.2, 0) is 33.2 Å². The average molecular weight is 1340 g/mol. The van der Waals surface area contributed by atoms with Crippen LogP contribution in [0.4, 0.5) is 0 Å². The van der Waals surface area contributed by atoms with Gasteiger partial charge >= 0.3 is 0 Å². The topological polar surface area (TPSA) is 307 Å². The van der Waals surface area contributed by atoms with Gasteiger partial charge < -0.3 is 89.9 Å². The fourth-order valence-electron chi connectivity index (χ4n) is 10.6. The maximum Gasteiger partial charge on any atom is 0.220 e. The molecule has 3 rings (SSSR count). The van der Waals surface area contributed by atoms with Crippen LogP contribution in [0.25, 0.3) is 0 Å². The smallest absolute Gasteiger partial charge is 0.220 e. The van der Waals surface area contributed by atoms with E-state index < -0.39 is 124 Å². The predicted molar refractivity (Wildman–Crippen MR) is 373 cm³/mol. The monoisotopic (exact) mass is 1340 g/mol. The summed E-state index contributed by atoms with van der Waals surface area (Å²) in [5.74, 6) is -0.327. The molecular formula is C76H121NO18. The minimum Gasteiger partial charge on any atom is -0.394 e. The van der Waals surface area contributed by atoms with Gasteiger partial charge in [-0.25, -0.2) is 0 Å². The van der Waals surface area contributed by atoms with Gasteiger partial charge in [-0.1, -0.05) is 223 Å². The molecule has 3 fully saturated rings. The van der Waals surface area contributed by atoms with Crippen LogP contribution < -0.4 is 5.32 Å². The molecule has 3 heterocycles. The van der Waals surface area contributed by atoms with Crippen LogP contribution in [0.3, 0.4) is 0 Å². The number of amides is 1. The Labute approximate surface area is 567 Å². The van der Waals surface area contributed by atoms with E-state index in [4.69, 9.17) is 28.4 Å². The molecule has 17 unspecified atom stereocenters. The number of hydrogen-bond acceptors (Lipinski definition) is 18. The van der Waals surface area contributed by atoms with Crippen molar-refractivity contribution < 1.29 is 89.4 Å². The molecule has 0 radical (unpaired) electrons. The van der Waals surface area contributed by atoms with E-state index in [1.807, 2.05) is 6.08 Å². The molecule has 3 aliphatic rings. The summed E-state index contributed by atoms with van der Waals surface area (Å²) in [7, 11) is 0. The van der Waals surface area contributed by atoms with Crippen LogP contribution in [0.15, 0.2) is 158 Å². The molecule has 3 saturated heterocycles. The molecule has 0 spiro atoms. The molecule has 19 heteroatoms. The summed E-state index contributed by atoms with van der Waals surface area (Å²) in [5.41, 5.74) is 0. The molecule has 0 aromatic carbocycles. The second kappa shape index (κ2) is 55.3. The SMILES string of the molecule is CC/C=C\C/C=C\C/C=C\C/C=C\C/C=C\C/C=C\C/C=C\C/C=C\C/C=C\C/C=C\C/C=C\C/C=C\CCCCC(=O)NC(COC1OC(CO)C(OC2OC(CO)C(OC3OC(CO)C(O)C(O)C3O)C(O)C2O)C(O)C1O)C(O)/C=C/CCCCCCCCCCC. The lowest BCUT2D eigenvalue weighted by Gasteiger charge is -2.48. The van der Waals surface area contributed by atoms with E-state index in [0.29, 0.717) is 6.42 Å².